The van der Waals surface area contributed by atoms with Crippen LogP contribution in [0, 0.1) is 29.6 Å². The van der Waals surface area contributed by atoms with Crippen LogP contribution in [0.1, 0.15) is 70.6 Å². The van der Waals surface area contributed by atoms with Gasteiger partial charge < -0.3 is 15.3 Å². The average molecular weight is 346 g/mol. The number of fused-ring (bicyclic) bond motifs is 1. The zero-order valence-electron chi connectivity index (χ0n) is 14.9. The summed E-state index contributed by atoms with van der Waals surface area (Å²) in [6, 6.07) is 0. The number of allylic oxidation sites excluding steroid dienone is 2. The maximum absolute atomic E-state index is 10.6. The summed E-state index contributed by atoms with van der Waals surface area (Å²) in [6.45, 7) is 0. The molecule has 3 N–H and O–H groups in total. The van der Waals surface area contributed by atoms with Crippen LogP contribution >= 0.6 is 0 Å². The van der Waals surface area contributed by atoms with Crippen molar-refractivity contribution in [1.29, 1.82) is 0 Å². The van der Waals surface area contributed by atoms with Gasteiger partial charge in [0.2, 0.25) is 0 Å². The number of hydrogen-bond acceptors (Lipinski definition) is 3. The predicted molar refractivity (Wildman–Crippen MR) is 95.7 cm³/mol. The lowest BCUT2D eigenvalue weighted by Crippen LogP contribution is -2.30. The number of unbranched alkanes of at least 4 members (excludes halogenated alkanes) is 1. The van der Waals surface area contributed by atoms with Gasteiger partial charge in [0, 0.05) is 12.3 Å². The fourth-order valence-electron chi connectivity index (χ4n) is 4.87. The molecule has 4 heteroatoms. The lowest BCUT2D eigenvalue weighted by Gasteiger charge is -2.27. The largest absolute Gasteiger partial charge is 0.481 e. The first kappa shape index (κ1) is 18.5. The number of carboxylic acid groups (broad SMARTS) is 1. The highest BCUT2D eigenvalue weighted by atomic mass is 16.4. The topological polar surface area (TPSA) is 77.8 Å². The first-order valence-electron chi connectivity index (χ1n) is 9.80. The van der Waals surface area contributed by atoms with Gasteiger partial charge in [-0.2, -0.15) is 0 Å². The molecule has 0 heterocycles. The van der Waals surface area contributed by atoms with Gasteiger partial charge in [0.15, 0.2) is 0 Å². The molecule has 0 saturated heterocycles. The van der Waals surface area contributed by atoms with E-state index in [4.69, 9.17) is 5.11 Å². The molecule has 3 aliphatic rings. The second kappa shape index (κ2) is 7.93. The third-order valence-electron chi connectivity index (χ3n) is 6.23. The second-order valence-electron chi connectivity index (χ2n) is 8.17. The highest BCUT2D eigenvalue weighted by molar-refractivity contribution is 5.66. The van der Waals surface area contributed by atoms with Gasteiger partial charge >= 0.3 is 5.97 Å². The summed E-state index contributed by atoms with van der Waals surface area (Å²) < 4.78 is 0. The molecule has 0 aromatic heterocycles. The Morgan fingerprint density at radius 1 is 1.24 bits per heavy atom. The Bertz CT molecular complexity index is 576. The molecule has 0 aliphatic heterocycles. The summed E-state index contributed by atoms with van der Waals surface area (Å²) in [5.74, 6) is 6.50. The molecule has 3 saturated carbocycles. The van der Waals surface area contributed by atoms with Crippen LogP contribution in [0.3, 0.4) is 0 Å². The highest BCUT2D eigenvalue weighted by Crippen LogP contribution is 2.50. The van der Waals surface area contributed by atoms with Crippen molar-refractivity contribution in [3.63, 3.8) is 0 Å². The molecule has 0 radical (unpaired) electrons. The Morgan fingerprint density at radius 2 is 2.00 bits per heavy atom. The Morgan fingerprint density at radius 3 is 2.72 bits per heavy atom. The zero-order valence-corrected chi connectivity index (χ0v) is 14.9. The van der Waals surface area contributed by atoms with E-state index in [2.05, 4.69) is 17.9 Å². The van der Waals surface area contributed by atoms with E-state index in [0.717, 1.165) is 51.4 Å². The molecular formula is C21H30O4. The van der Waals surface area contributed by atoms with Crippen molar-refractivity contribution >= 4 is 5.97 Å². The van der Waals surface area contributed by atoms with Gasteiger partial charge in [-0.1, -0.05) is 29.9 Å². The number of carbonyl (C=O) groups is 1. The molecule has 0 aromatic carbocycles. The van der Waals surface area contributed by atoms with Crippen molar-refractivity contribution in [3.8, 4) is 11.8 Å². The van der Waals surface area contributed by atoms with Crippen molar-refractivity contribution in [2.24, 2.45) is 17.8 Å². The van der Waals surface area contributed by atoms with Crippen LogP contribution in [0.25, 0.3) is 0 Å². The van der Waals surface area contributed by atoms with Crippen LogP contribution in [0.5, 0.6) is 0 Å². The molecule has 0 spiro atoms. The van der Waals surface area contributed by atoms with E-state index in [0.29, 0.717) is 18.3 Å². The molecule has 138 valence electrons. The van der Waals surface area contributed by atoms with E-state index in [1.807, 2.05) is 0 Å². The number of rotatable bonds is 4. The summed E-state index contributed by atoms with van der Waals surface area (Å²) in [6.07, 6.45) is 11.1. The van der Waals surface area contributed by atoms with Crippen molar-refractivity contribution in [2.75, 3.05) is 0 Å². The Balaban J connectivity index is 1.59. The summed E-state index contributed by atoms with van der Waals surface area (Å²) in [5, 5.41) is 29.7. The van der Waals surface area contributed by atoms with Crippen LogP contribution in [-0.2, 0) is 4.79 Å². The molecule has 25 heavy (non-hydrogen) atoms. The Kier molecular flexibility index (Phi) is 5.86. The van der Waals surface area contributed by atoms with Gasteiger partial charge in [-0.05, 0) is 69.6 Å². The van der Waals surface area contributed by atoms with Crippen LogP contribution in [0.2, 0.25) is 0 Å². The molecule has 3 fully saturated rings. The SMILES string of the molecule is O=C(O)CCCC=C1C[C@H]2C[C@@H](O)[C@H](C#CC3(O)CCCCC3)[C@H]2C1. The minimum absolute atomic E-state index is 0.0270. The molecular weight excluding hydrogens is 316 g/mol. The monoisotopic (exact) mass is 346 g/mol. The van der Waals surface area contributed by atoms with Crippen LogP contribution in [-0.4, -0.2) is 33.0 Å². The van der Waals surface area contributed by atoms with E-state index in [-0.39, 0.29) is 18.4 Å². The minimum atomic E-state index is -0.843. The van der Waals surface area contributed by atoms with E-state index < -0.39 is 11.6 Å². The lowest BCUT2D eigenvalue weighted by atomic mass is 9.84. The van der Waals surface area contributed by atoms with Crippen molar-refractivity contribution in [2.45, 2.75) is 82.3 Å². The maximum atomic E-state index is 10.6. The maximum Gasteiger partial charge on any atom is 0.303 e. The summed E-state index contributed by atoms with van der Waals surface area (Å²) in [5.41, 5.74) is 0.555. The van der Waals surface area contributed by atoms with E-state index in [1.54, 1.807) is 0 Å². The lowest BCUT2D eigenvalue weighted by molar-refractivity contribution is -0.137. The predicted octanol–water partition coefficient (Wildman–Crippen LogP) is 3.27. The summed E-state index contributed by atoms with van der Waals surface area (Å²) >= 11 is 0. The van der Waals surface area contributed by atoms with Gasteiger partial charge in [-0.25, -0.2) is 0 Å². The average Bonchev–Trinajstić information content (AvgIpc) is 3.07. The molecule has 4 atom stereocenters. The first-order chi connectivity index (χ1) is 12.0. The minimum Gasteiger partial charge on any atom is -0.481 e. The van der Waals surface area contributed by atoms with Gasteiger partial charge in [-0.3, -0.25) is 4.79 Å². The van der Waals surface area contributed by atoms with Crippen molar-refractivity contribution in [1.82, 2.24) is 0 Å². The Labute approximate surface area is 150 Å². The Hall–Kier alpha value is -1.31. The standard InChI is InChI=1S/C21H30O4/c22-19-14-16-12-15(6-2-3-7-20(23)24)13-18(16)17(19)8-11-21(25)9-4-1-5-10-21/h6,16-19,22,25H,1-5,7,9-10,12-14H2,(H,23,24)/t16-,17+,18-,19+/m0/s1. The molecule has 0 aromatic rings. The normalized spacial score (nSPS) is 35.2. The quantitative estimate of drug-likeness (QED) is 0.415. The van der Waals surface area contributed by atoms with E-state index >= 15 is 0 Å². The van der Waals surface area contributed by atoms with Gasteiger partial charge in [0.05, 0.1) is 6.10 Å². The number of aliphatic hydroxyl groups excluding tert-OH is 1. The number of carboxylic acids is 1. The molecule has 0 amide bonds. The number of hydrogen-bond donors (Lipinski definition) is 3. The van der Waals surface area contributed by atoms with Gasteiger partial charge in [-0.15, -0.1) is 0 Å². The van der Waals surface area contributed by atoms with Gasteiger partial charge in [0.25, 0.3) is 0 Å². The first-order valence-corrected chi connectivity index (χ1v) is 9.80. The highest BCUT2D eigenvalue weighted by Gasteiger charge is 2.45. The molecule has 3 rings (SSSR count). The molecule has 3 aliphatic carbocycles. The smallest absolute Gasteiger partial charge is 0.303 e. The molecule has 4 nitrogen and oxygen atoms in total. The number of aliphatic hydroxyl groups is 2. The third kappa shape index (κ3) is 4.65. The number of aliphatic carboxylic acids is 1. The third-order valence-corrected chi connectivity index (χ3v) is 6.23. The van der Waals surface area contributed by atoms with Crippen LogP contribution in [0.15, 0.2) is 11.6 Å². The van der Waals surface area contributed by atoms with E-state index in [1.165, 1.54) is 12.0 Å². The zero-order chi connectivity index (χ0) is 17.9. The van der Waals surface area contributed by atoms with Gasteiger partial charge in [0.1, 0.15) is 5.60 Å². The second-order valence-corrected chi connectivity index (χ2v) is 8.17. The van der Waals surface area contributed by atoms with Crippen LogP contribution in [0.4, 0.5) is 0 Å². The van der Waals surface area contributed by atoms with Crippen LogP contribution < -0.4 is 0 Å². The van der Waals surface area contributed by atoms with E-state index in [9.17, 15) is 15.0 Å². The van der Waals surface area contributed by atoms with Crippen molar-refractivity contribution in [3.05, 3.63) is 11.6 Å². The fourth-order valence-corrected chi connectivity index (χ4v) is 4.87. The summed E-state index contributed by atoms with van der Waals surface area (Å²) in [4.78, 5) is 10.6. The fraction of sp³-hybridized carbons (Fsp3) is 0.762. The molecule has 0 unspecified atom stereocenters. The molecule has 0 bridgehead atoms. The van der Waals surface area contributed by atoms with Crippen molar-refractivity contribution < 1.29 is 20.1 Å². The summed E-state index contributed by atoms with van der Waals surface area (Å²) in [7, 11) is 0.